The van der Waals surface area contributed by atoms with Crippen LogP contribution < -0.4 is 16.2 Å². The summed E-state index contributed by atoms with van der Waals surface area (Å²) < 4.78 is 1.60. The molecule has 1 aromatic heterocycles. The largest absolute Gasteiger partial charge is 0.326 e. The first-order valence-electron chi connectivity index (χ1n) is 9.73. The van der Waals surface area contributed by atoms with Crippen LogP contribution in [0.3, 0.4) is 0 Å². The minimum absolute atomic E-state index is 0.0943. The van der Waals surface area contributed by atoms with E-state index in [1.807, 2.05) is 13.8 Å². The Hall–Kier alpha value is -2.84. The number of nitrogens with zero attached hydrogens (tertiary/aromatic N) is 2. The van der Waals surface area contributed by atoms with Crippen molar-refractivity contribution in [2.75, 3.05) is 16.4 Å². The standard InChI is InChI=1S/C22H23ClN4O3S/c1-13(2)11-27-21(30)18-10-15(23)4-9-19(18)26-22(27)31-12-20(29)25-17-7-5-16(6-8-17)24-14(3)28/h4-10,13H,11-12H2,1-3H3,(H,24,28)(H,25,29). The molecule has 1 heterocycles. The summed E-state index contributed by atoms with van der Waals surface area (Å²) in [6.45, 7) is 5.95. The van der Waals surface area contributed by atoms with Gasteiger partial charge in [0.05, 0.1) is 16.7 Å². The number of rotatable bonds is 7. The predicted molar refractivity (Wildman–Crippen MR) is 126 cm³/mol. The molecule has 9 heteroatoms. The number of amides is 2. The molecular weight excluding hydrogens is 436 g/mol. The summed E-state index contributed by atoms with van der Waals surface area (Å²) in [5, 5.41) is 6.91. The number of aromatic nitrogens is 2. The first-order valence-corrected chi connectivity index (χ1v) is 11.1. The second-order valence-electron chi connectivity index (χ2n) is 7.46. The molecule has 0 saturated heterocycles. The smallest absolute Gasteiger partial charge is 0.262 e. The van der Waals surface area contributed by atoms with E-state index in [1.54, 1.807) is 47.0 Å². The molecule has 162 valence electrons. The van der Waals surface area contributed by atoms with Crippen molar-refractivity contribution >= 4 is 57.5 Å². The maximum atomic E-state index is 13.0. The summed E-state index contributed by atoms with van der Waals surface area (Å²) in [5.41, 5.74) is 1.64. The number of hydrogen-bond donors (Lipinski definition) is 2. The normalized spacial score (nSPS) is 11.0. The van der Waals surface area contributed by atoms with E-state index < -0.39 is 0 Å². The van der Waals surface area contributed by atoms with Gasteiger partial charge in [0.1, 0.15) is 0 Å². The monoisotopic (exact) mass is 458 g/mol. The fraction of sp³-hybridized carbons (Fsp3) is 0.273. The van der Waals surface area contributed by atoms with Crippen molar-refractivity contribution in [2.45, 2.75) is 32.5 Å². The Labute approximate surface area is 189 Å². The van der Waals surface area contributed by atoms with Crippen molar-refractivity contribution in [1.82, 2.24) is 9.55 Å². The molecule has 31 heavy (non-hydrogen) atoms. The molecule has 7 nitrogen and oxygen atoms in total. The molecule has 2 amide bonds. The molecule has 0 spiro atoms. The van der Waals surface area contributed by atoms with Crippen molar-refractivity contribution in [3.05, 3.63) is 57.8 Å². The number of thioether (sulfide) groups is 1. The Bertz CT molecular complexity index is 1180. The summed E-state index contributed by atoms with van der Waals surface area (Å²) in [6, 6.07) is 11.9. The van der Waals surface area contributed by atoms with Crippen molar-refractivity contribution < 1.29 is 9.59 Å². The summed E-state index contributed by atoms with van der Waals surface area (Å²) in [7, 11) is 0. The van der Waals surface area contributed by atoms with Crippen LogP contribution in [0.1, 0.15) is 20.8 Å². The molecule has 0 radical (unpaired) electrons. The second-order valence-corrected chi connectivity index (χ2v) is 8.84. The fourth-order valence-corrected chi connectivity index (χ4v) is 3.96. The highest BCUT2D eigenvalue weighted by atomic mass is 35.5. The van der Waals surface area contributed by atoms with Crippen molar-refractivity contribution in [2.24, 2.45) is 5.92 Å². The van der Waals surface area contributed by atoms with Gasteiger partial charge in [-0.2, -0.15) is 0 Å². The van der Waals surface area contributed by atoms with Gasteiger partial charge >= 0.3 is 0 Å². The van der Waals surface area contributed by atoms with Gasteiger partial charge in [0.25, 0.3) is 5.56 Å². The molecule has 2 N–H and O–H groups in total. The van der Waals surface area contributed by atoms with Gasteiger partial charge in [0, 0.05) is 29.9 Å². The summed E-state index contributed by atoms with van der Waals surface area (Å²) in [6.07, 6.45) is 0. The van der Waals surface area contributed by atoms with E-state index in [0.717, 1.165) is 0 Å². The second kappa shape index (κ2) is 9.98. The van der Waals surface area contributed by atoms with Crippen LogP contribution in [-0.2, 0) is 16.1 Å². The average molecular weight is 459 g/mol. The van der Waals surface area contributed by atoms with Gasteiger partial charge in [-0.05, 0) is 48.4 Å². The van der Waals surface area contributed by atoms with Crippen LogP contribution in [-0.4, -0.2) is 27.1 Å². The Morgan fingerprint density at radius 3 is 2.35 bits per heavy atom. The lowest BCUT2D eigenvalue weighted by Crippen LogP contribution is -2.26. The van der Waals surface area contributed by atoms with Gasteiger partial charge in [-0.15, -0.1) is 0 Å². The van der Waals surface area contributed by atoms with Crippen molar-refractivity contribution in [1.29, 1.82) is 0 Å². The van der Waals surface area contributed by atoms with Gasteiger partial charge in [-0.25, -0.2) is 4.98 Å². The third kappa shape index (κ3) is 6.08. The van der Waals surface area contributed by atoms with Gasteiger partial charge in [-0.3, -0.25) is 19.0 Å². The highest BCUT2D eigenvalue weighted by Crippen LogP contribution is 2.22. The fourth-order valence-electron chi connectivity index (χ4n) is 2.98. The molecule has 0 bridgehead atoms. The highest BCUT2D eigenvalue weighted by molar-refractivity contribution is 7.99. The van der Waals surface area contributed by atoms with Crippen LogP contribution in [0.5, 0.6) is 0 Å². The topological polar surface area (TPSA) is 93.1 Å². The molecule has 3 aromatic rings. The molecule has 2 aromatic carbocycles. The third-order valence-corrected chi connectivity index (χ3v) is 5.46. The Morgan fingerprint density at radius 1 is 1.10 bits per heavy atom. The zero-order valence-corrected chi connectivity index (χ0v) is 19.0. The lowest BCUT2D eigenvalue weighted by Gasteiger charge is -2.15. The van der Waals surface area contributed by atoms with Crippen LogP contribution in [0, 0.1) is 5.92 Å². The third-order valence-electron chi connectivity index (χ3n) is 4.25. The summed E-state index contributed by atoms with van der Waals surface area (Å²) >= 11 is 7.26. The average Bonchev–Trinajstić information content (AvgIpc) is 2.70. The van der Waals surface area contributed by atoms with Crippen LogP contribution >= 0.6 is 23.4 Å². The van der Waals surface area contributed by atoms with Crippen LogP contribution in [0.25, 0.3) is 10.9 Å². The minimum atomic E-state index is -0.223. The maximum absolute atomic E-state index is 13.0. The Balaban J connectivity index is 1.76. The lowest BCUT2D eigenvalue weighted by molar-refractivity contribution is -0.114. The number of benzene rings is 2. The highest BCUT2D eigenvalue weighted by Gasteiger charge is 2.15. The number of hydrogen-bond acceptors (Lipinski definition) is 5. The number of anilines is 2. The molecular formula is C22H23ClN4O3S. The van der Waals surface area contributed by atoms with Gasteiger partial charge < -0.3 is 10.6 Å². The van der Waals surface area contributed by atoms with E-state index in [4.69, 9.17) is 11.6 Å². The number of fused-ring (bicyclic) bond motifs is 1. The Morgan fingerprint density at radius 2 is 1.74 bits per heavy atom. The van der Waals surface area contributed by atoms with Crippen LogP contribution in [0.4, 0.5) is 11.4 Å². The minimum Gasteiger partial charge on any atom is -0.326 e. The number of nitrogens with one attached hydrogen (secondary N) is 2. The van der Waals surface area contributed by atoms with Gasteiger partial charge in [0.2, 0.25) is 11.8 Å². The molecule has 0 aliphatic carbocycles. The number of carbonyl (C=O) groups is 2. The van der Waals surface area contributed by atoms with Gasteiger partial charge in [0.15, 0.2) is 5.16 Å². The lowest BCUT2D eigenvalue weighted by atomic mass is 10.2. The zero-order valence-electron chi connectivity index (χ0n) is 17.4. The molecule has 0 aliphatic rings. The Kier molecular flexibility index (Phi) is 7.35. The van der Waals surface area contributed by atoms with Crippen LogP contribution in [0.15, 0.2) is 52.4 Å². The van der Waals surface area contributed by atoms with E-state index in [9.17, 15) is 14.4 Å². The van der Waals surface area contributed by atoms with Crippen molar-refractivity contribution in [3.8, 4) is 0 Å². The quantitative estimate of drug-likeness (QED) is 0.404. The van der Waals surface area contributed by atoms with E-state index in [0.29, 0.717) is 39.0 Å². The molecule has 3 rings (SSSR count). The molecule has 0 unspecified atom stereocenters. The first kappa shape index (κ1) is 22.8. The summed E-state index contributed by atoms with van der Waals surface area (Å²) in [5.74, 6) is -0.0621. The number of carbonyl (C=O) groups excluding carboxylic acids is 2. The molecule has 0 fully saturated rings. The van der Waals surface area contributed by atoms with Crippen molar-refractivity contribution in [3.63, 3.8) is 0 Å². The predicted octanol–water partition coefficient (Wildman–Crippen LogP) is 4.40. The van der Waals surface area contributed by atoms with Gasteiger partial charge in [-0.1, -0.05) is 37.2 Å². The zero-order chi connectivity index (χ0) is 22.5. The molecule has 0 aliphatic heterocycles. The number of halogens is 1. The van der Waals surface area contributed by atoms with E-state index >= 15 is 0 Å². The SMILES string of the molecule is CC(=O)Nc1ccc(NC(=O)CSc2nc3ccc(Cl)cc3c(=O)n2CC(C)C)cc1. The molecule has 0 atom stereocenters. The van der Waals surface area contributed by atoms with E-state index in [1.165, 1.54) is 18.7 Å². The van der Waals surface area contributed by atoms with E-state index in [2.05, 4.69) is 15.6 Å². The summed E-state index contributed by atoms with van der Waals surface area (Å²) in [4.78, 5) is 41.1. The van der Waals surface area contributed by atoms with E-state index in [-0.39, 0.29) is 29.0 Å². The first-order chi connectivity index (χ1) is 14.7. The maximum Gasteiger partial charge on any atom is 0.262 e. The van der Waals surface area contributed by atoms with Crippen LogP contribution in [0.2, 0.25) is 5.02 Å². The molecule has 0 saturated carbocycles.